The molecule has 0 aliphatic heterocycles. The van der Waals surface area contributed by atoms with E-state index >= 15 is 0 Å². The average molecular weight is 362 g/mol. The molecule has 0 aliphatic carbocycles. The van der Waals surface area contributed by atoms with Crippen LogP contribution in [0.3, 0.4) is 0 Å². The molecule has 0 radical (unpaired) electrons. The lowest BCUT2D eigenvalue weighted by Crippen LogP contribution is -2.27. The van der Waals surface area contributed by atoms with Gasteiger partial charge < -0.3 is 4.74 Å². The van der Waals surface area contributed by atoms with Gasteiger partial charge in [-0.2, -0.15) is 0 Å². The molecular weight excluding hydrogens is 340 g/mol. The maximum Gasteiger partial charge on any atom is 0.412 e. The van der Waals surface area contributed by atoms with E-state index in [9.17, 15) is 4.79 Å². The number of carbonyl (C=O) groups is 1. The summed E-state index contributed by atoms with van der Waals surface area (Å²) in [6, 6.07) is 9.63. The van der Waals surface area contributed by atoms with Gasteiger partial charge >= 0.3 is 6.09 Å². The van der Waals surface area contributed by atoms with Gasteiger partial charge in [0.05, 0.1) is 17.4 Å². The Morgan fingerprint density at radius 1 is 1.11 bits per heavy atom. The molecule has 0 fully saturated rings. The minimum Gasteiger partial charge on any atom is -0.444 e. The molecule has 2 aromatic heterocycles. The third-order valence-electron chi connectivity index (χ3n) is 3.59. The van der Waals surface area contributed by atoms with Crippen LogP contribution < -0.4 is 5.32 Å². The summed E-state index contributed by atoms with van der Waals surface area (Å²) in [6.07, 6.45) is 6.66. The summed E-state index contributed by atoms with van der Waals surface area (Å²) in [5.74, 6) is 0.661. The number of carbonyl (C=O) groups excluding carboxylic acids is 1. The number of rotatable bonds is 3. The molecule has 0 saturated heterocycles. The second-order valence-corrected chi connectivity index (χ2v) is 7.19. The molecule has 1 aromatic carbocycles. The second kappa shape index (κ2) is 7.53. The van der Waals surface area contributed by atoms with Crippen LogP contribution in [0.15, 0.2) is 42.7 Å². The summed E-state index contributed by atoms with van der Waals surface area (Å²) in [5.41, 5.74) is 2.78. The fraction of sp³-hybridized carbons (Fsp3) is 0.238. The molecule has 0 bridgehead atoms. The number of amides is 1. The van der Waals surface area contributed by atoms with Crippen LogP contribution in [0.25, 0.3) is 23.1 Å². The minimum atomic E-state index is -0.551. The summed E-state index contributed by atoms with van der Waals surface area (Å²) in [7, 11) is 0. The Bertz CT molecular complexity index is 1010. The molecule has 1 N–H and O–H groups in total. The van der Waals surface area contributed by atoms with E-state index in [1.54, 1.807) is 12.4 Å². The Labute approximate surface area is 158 Å². The van der Waals surface area contributed by atoms with Gasteiger partial charge in [-0.3, -0.25) is 10.3 Å². The van der Waals surface area contributed by atoms with Crippen molar-refractivity contribution in [3.63, 3.8) is 0 Å². The van der Waals surface area contributed by atoms with Crippen LogP contribution in [0.4, 0.5) is 10.5 Å². The molecule has 0 saturated carbocycles. The van der Waals surface area contributed by atoms with E-state index in [-0.39, 0.29) is 0 Å². The van der Waals surface area contributed by atoms with Gasteiger partial charge in [-0.25, -0.2) is 14.8 Å². The van der Waals surface area contributed by atoms with Crippen LogP contribution in [0.1, 0.15) is 37.9 Å². The average Bonchev–Trinajstić information content (AvgIpc) is 2.58. The fourth-order valence-corrected chi connectivity index (χ4v) is 2.46. The first-order chi connectivity index (χ1) is 12.8. The zero-order chi connectivity index (χ0) is 19.4. The van der Waals surface area contributed by atoms with Gasteiger partial charge in [0.15, 0.2) is 5.82 Å². The van der Waals surface area contributed by atoms with Crippen LogP contribution in [0, 0.1) is 6.92 Å². The number of fused-ring (bicyclic) bond motifs is 1. The van der Waals surface area contributed by atoms with Gasteiger partial charge in [0.25, 0.3) is 0 Å². The van der Waals surface area contributed by atoms with Gasteiger partial charge in [-0.1, -0.05) is 12.1 Å². The molecule has 0 atom stereocenters. The predicted molar refractivity (Wildman–Crippen MR) is 107 cm³/mol. The molecule has 2 heterocycles. The third kappa shape index (κ3) is 5.34. The Kier molecular flexibility index (Phi) is 5.16. The maximum atomic E-state index is 11.9. The third-order valence-corrected chi connectivity index (χ3v) is 3.59. The zero-order valence-electron chi connectivity index (χ0n) is 15.9. The summed E-state index contributed by atoms with van der Waals surface area (Å²) < 4.78 is 5.27. The zero-order valence-corrected chi connectivity index (χ0v) is 15.9. The molecule has 3 rings (SSSR count). The summed E-state index contributed by atoms with van der Waals surface area (Å²) in [5, 5.41) is 3.63. The lowest BCUT2D eigenvalue weighted by atomic mass is 10.1. The highest BCUT2D eigenvalue weighted by Crippen LogP contribution is 2.20. The van der Waals surface area contributed by atoms with Crippen molar-refractivity contribution >= 4 is 34.8 Å². The Morgan fingerprint density at radius 3 is 2.67 bits per heavy atom. The van der Waals surface area contributed by atoms with E-state index in [4.69, 9.17) is 4.74 Å². The van der Waals surface area contributed by atoms with Crippen LogP contribution in [-0.4, -0.2) is 26.6 Å². The lowest BCUT2D eigenvalue weighted by molar-refractivity contribution is 0.0636. The number of hydrogen-bond donors (Lipinski definition) is 1. The molecule has 6 heteroatoms. The van der Waals surface area contributed by atoms with Crippen LogP contribution in [0.5, 0.6) is 0 Å². The first-order valence-electron chi connectivity index (χ1n) is 8.66. The molecule has 27 heavy (non-hydrogen) atoms. The van der Waals surface area contributed by atoms with Crippen molar-refractivity contribution in [2.75, 3.05) is 5.32 Å². The van der Waals surface area contributed by atoms with Crippen LogP contribution in [0.2, 0.25) is 0 Å². The summed E-state index contributed by atoms with van der Waals surface area (Å²) in [4.78, 5) is 24.9. The summed E-state index contributed by atoms with van der Waals surface area (Å²) in [6.45, 7) is 7.39. The molecular formula is C21H22N4O2. The lowest BCUT2D eigenvalue weighted by Gasteiger charge is -2.19. The highest BCUT2D eigenvalue weighted by atomic mass is 16.6. The monoisotopic (exact) mass is 362 g/mol. The molecule has 6 nitrogen and oxygen atoms in total. The van der Waals surface area contributed by atoms with Crippen molar-refractivity contribution in [2.24, 2.45) is 0 Å². The number of anilines is 1. The van der Waals surface area contributed by atoms with Gasteiger partial charge in [-0.05, 0) is 63.6 Å². The molecule has 0 spiro atoms. The standard InChI is InChI=1S/C21H22N4O2/c1-14-9-10-22-19(24-14)8-6-15-5-7-18-16(11-15)12-17(13-23-18)25-20(26)27-21(2,3)4/h5-13H,1-4H3,(H,25,26). The molecule has 0 aliphatic rings. The first kappa shape index (κ1) is 18.5. The number of benzene rings is 1. The number of pyridine rings is 1. The summed E-state index contributed by atoms with van der Waals surface area (Å²) >= 11 is 0. The van der Waals surface area contributed by atoms with Crippen LogP contribution in [-0.2, 0) is 4.74 Å². The quantitative estimate of drug-likeness (QED) is 0.720. The molecule has 0 unspecified atom stereocenters. The van der Waals surface area contributed by atoms with Gasteiger partial charge in [0.2, 0.25) is 0 Å². The number of nitrogens with one attached hydrogen (secondary N) is 1. The molecule has 138 valence electrons. The van der Waals surface area contributed by atoms with Gasteiger partial charge in [-0.15, -0.1) is 0 Å². The first-order valence-corrected chi connectivity index (χ1v) is 8.66. The van der Waals surface area contributed by atoms with Gasteiger partial charge in [0, 0.05) is 17.3 Å². The van der Waals surface area contributed by atoms with Crippen molar-refractivity contribution in [1.29, 1.82) is 0 Å². The predicted octanol–water partition coefficient (Wildman–Crippen LogP) is 4.85. The van der Waals surface area contributed by atoms with E-state index in [1.165, 1.54) is 0 Å². The molecule has 3 aromatic rings. The number of aromatic nitrogens is 3. The topological polar surface area (TPSA) is 77.0 Å². The normalized spacial score (nSPS) is 11.7. The Hall–Kier alpha value is -3.28. The highest BCUT2D eigenvalue weighted by molar-refractivity contribution is 5.90. The Morgan fingerprint density at radius 2 is 1.93 bits per heavy atom. The largest absolute Gasteiger partial charge is 0.444 e. The minimum absolute atomic E-state index is 0.503. The van der Waals surface area contributed by atoms with Crippen molar-refractivity contribution in [3.05, 3.63) is 59.8 Å². The van der Waals surface area contributed by atoms with Crippen molar-refractivity contribution in [1.82, 2.24) is 15.0 Å². The number of ether oxygens (including phenoxy) is 1. The van der Waals surface area contributed by atoms with Crippen molar-refractivity contribution < 1.29 is 9.53 Å². The van der Waals surface area contributed by atoms with Crippen LogP contribution >= 0.6 is 0 Å². The second-order valence-electron chi connectivity index (χ2n) is 7.19. The van der Waals surface area contributed by atoms with E-state index in [0.29, 0.717) is 11.5 Å². The Balaban J connectivity index is 1.80. The number of aryl methyl sites for hydroxylation is 1. The van der Waals surface area contributed by atoms with E-state index < -0.39 is 11.7 Å². The number of hydrogen-bond acceptors (Lipinski definition) is 5. The van der Waals surface area contributed by atoms with E-state index in [1.807, 2.05) is 70.2 Å². The smallest absolute Gasteiger partial charge is 0.412 e. The van der Waals surface area contributed by atoms with E-state index in [2.05, 4.69) is 20.3 Å². The number of nitrogens with zero attached hydrogens (tertiary/aromatic N) is 3. The highest BCUT2D eigenvalue weighted by Gasteiger charge is 2.16. The maximum absolute atomic E-state index is 11.9. The SMILES string of the molecule is Cc1ccnc(C=Cc2ccc3ncc(NC(=O)OC(C)(C)C)cc3c2)n1. The van der Waals surface area contributed by atoms with Crippen molar-refractivity contribution in [3.8, 4) is 0 Å². The van der Waals surface area contributed by atoms with Crippen molar-refractivity contribution in [2.45, 2.75) is 33.3 Å². The van der Waals surface area contributed by atoms with Gasteiger partial charge in [0.1, 0.15) is 5.60 Å². The molecule has 1 amide bonds. The fourth-order valence-electron chi connectivity index (χ4n) is 2.46. The van der Waals surface area contributed by atoms with E-state index in [0.717, 1.165) is 22.2 Å².